The molecule has 0 bridgehead atoms. The molecule has 0 saturated heterocycles. The fourth-order valence-corrected chi connectivity index (χ4v) is 3.13. The van der Waals surface area contributed by atoms with Crippen LogP contribution in [-0.4, -0.2) is 24.5 Å². The van der Waals surface area contributed by atoms with Crippen LogP contribution in [0.4, 0.5) is 4.39 Å². The number of hydrogen-bond donors (Lipinski definition) is 2. The second-order valence-corrected chi connectivity index (χ2v) is 7.29. The van der Waals surface area contributed by atoms with E-state index in [1.807, 2.05) is 25.3 Å². The number of rotatable bonds is 6. The fraction of sp³-hybridized carbons (Fsp3) is 0.375. The van der Waals surface area contributed by atoms with Crippen LogP contribution in [0.2, 0.25) is 0 Å². The van der Waals surface area contributed by atoms with Gasteiger partial charge in [-0.3, -0.25) is 4.99 Å². The van der Waals surface area contributed by atoms with Gasteiger partial charge in [0.05, 0.1) is 6.54 Å². The molecule has 0 spiro atoms. The molecule has 0 saturated carbocycles. The third-order valence-corrected chi connectivity index (χ3v) is 4.64. The molecule has 2 rings (SSSR count). The predicted molar refractivity (Wildman–Crippen MR) is 113 cm³/mol. The van der Waals surface area contributed by atoms with Gasteiger partial charge < -0.3 is 10.6 Å². The number of hydrogen-bond acceptors (Lipinski definition) is 3. The average molecular weight is 527 g/mol. The molecule has 1 heterocycles. The van der Waals surface area contributed by atoms with Crippen molar-refractivity contribution < 1.29 is 4.39 Å². The third-order valence-electron chi connectivity index (χ3n) is 3.23. The highest BCUT2D eigenvalue weighted by atomic mass is 127. The van der Waals surface area contributed by atoms with Gasteiger partial charge in [-0.15, -0.1) is 35.3 Å². The van der Waals surface area contributed by atoms with Crippen LogP contribution in [0.5, 0.6) is 0 Å². The van der Waals surface area contributed by atoms with Gasteiger partial charge in [0.2, 0.25) is 0 Å². The Bertz CT molecular complexity index is 678. The Morgan fingerprint density at radius 3 is 2.79 bits per heavy atom. The molecule has 132 valence electrons. The number of halogens is 3. The van der Waals surface area contributed by atoms with Crippen molar-refractivity contribution in [2.45, 2.75) is 26.3 Å². The minimum atomic E-state index is -0.166. The maximum atomic E-state index is 13.7. The third kappa shape index (κ3) is 7.02. The van der Waals surface area contributed by atoms with Crippen molar-refractivity contribution in [2.24, 2.45) is 4.99 Å². The van der Waals surface area contributed by atoms with Crippen molar-refractivity contribution in [3.8, 4) is 0 Å². The minimum Gasteiger partial charge on any atom is -0.356 e. The van der Waals surface area contributed by atoms with E-state index in [1.54, 1.807) is 18.4 Å². The number of aromatic nitrogens is 1. The van der Waals surface area contributed by atoms with Gasteiger partial charge in [-0.05, 0) is 37.5 Å². The highest BCUT2D eigenvalue weighted by molar-refractivity contribution is 14.0. The van der Waals surface area contributed by atoms with Crippen molar-refractivity contribution in [3.63, 3.8) is 0 Å². The predicted octanol–water partition coefficient (Wildman–Crippen LogP) is 4.27. The molecule has 2 aromatic rings. The number of nitrogens with one attached hydrogen (secondary N) is 2. The van der Waals surface area contributed by atoms with Crippen LogP contribution in [0, 0.1) is 12.7 Å². The summed E-state index contributed by atoms with van der Waals surface area (Å²) in [5, 5.41) is 7.48. The number of aryl methyl sites for hydroxylation is 2. The van der Waals surface area contributed by atoms with E-state index >= 15 is 0 Å². The Kier molecular flexibility index (Phi) is 9.75. The summed E-state index contributed by atoms with van der Waals surface area (Å²) in [6.07, 6.45) is 3.38. The van der Waals surface area contributed by atoms with E-state index in [4.69, 9.17) is 0 Å². The smallest absolute Gasteiger partial charge is 0.191 e. The maximum absolute atomic E-state index is 13.7. The topological polar surface area (TPSA) is 49.3 Å². The zero-order valence-corrected chi connectivity index (χ0v) is 18.3. The summed E-state index contributed by atoms with van der Waals surface area (Å²) < 4.78 is 14.5. The molecule has 0 fully saturated rings. The molecule has 2 N–H and O–H groups in total. The van der Waals surface area contributed by atoms with Crippen LogP contribution in [-0.2, 0) is 13.0 Å². The van der Waals surface area contributed by atoms with E-state index in [2.05, 4.69) is 36.5 Å². The van der Waals surface area contributed by atoms with Gasteiger partial charge in [-0.2, -0.15) is 0 Å². The molecule has 0 radical (unpaired) electrons. The fourth-order valence-electron chi connectivity index (χ4n) is 2.07. The number of nitrogens with zero attached hydrogens (tertiary/aromatic N) is 2. The first-order valence-corrected chi connectivity index (χ1v) is 8.99. The largest absolute Gasteiger partial charge is 0.356 e. The average Bonchev–Trinajstić information content (AvgIpc) is 2.94. The summed E-state index contributed by atoms with van der Waals surface area (Å²) in [4.78, 5) is 9.67. The monoisotopic (exact) mass is 526 g/mol. The lowest BCUT2D eigenvalue weighted by molar-refractivity contribution is 0.602. The van der Waals surface area contributed by atoms with Gasteiger partial charge in [0.15, 0.2) is 5.96 Å². The summed E-state index contributed by atoms with van der Waals surface area (Å²) in [6.45, 7) is 3.42. The normalized spacial score (nSPS) is 11.1. The molecule has 0 aliphatic carbocycles. The van der Waals surface area contributed by atoms with E-state index in [9.17, 15) is 4.39 Å². The highest BCUT2D eigenvalue weighted by Crippen LogP contribution is 2.16. The SMILES string of the molecule is CN=C(NCCCc1ccc(Br)cc1F)NCc1ncc(C)s1.I. The summed E-state index contributed by atoms with van der Waals surface area (Å²) in [5.74, 6) is 0.565. The highest BCUT2D eigenvalue weighted by Gasteiger charge is 2.04. The van der Waals surface area contributed by atoms with Gasteiger partial charge in [0.25, 0.3) is 0 Å². The Morgan fingerprint density at radius 1 is 1.38 bits per heavy atom. The molecular formula is C16H21BrFIN4S. The van der Waals surface area contributed by atoms with E-state index < -0.39 is 0 Å². The number of aliphatic imine (C=N–C) groups is 1. The van der Waals surface area contributed by atoms with Crippen molar-refractivity contribution in [3.05, 3.63) is 50.1 Å². The molecule has 0 aliphatic rings. The summed E-state index contributed by atoms with van der Waals surface area (Å²) in [6, 6.07) is 5.18. The molecule has 0 atom stereocenters. The lowest BCUT2D eigenvalue weighted by atomic mass is 10.1. The summed E-state index contributed by atoms with van der Waals surface area (Å²) in [5.41, 5.74) is 0.733. The van der Waals surface area contributed by atoms with Crippen LogP contribution in [0.1, 0.15) is 21.9 Å². The molecule has 24 heavy (non-hydrogen) atoms. The van der Waals surface area contributed by atoms with E-state index in [-0.39, 0.29) is 29.8 Å². The number of benzene rings is 1. The molecule has 1 aromatic heterocycles. The van der Waals surface area contributed by atoms with Crippen LogP contribution in [0.25, 0.3) is 0 Å². The zero-order chi connectivity index (χ0) is 16.7. The first-order chi connectivity index (χ1) is 11.1. The Morgan fingerprint density at radius 2 is 2.17 bits per heavy atom. The van der Waals surface area contributed by atoms with E-state index in [0.717, 1.165) is 34.0 Å². The molecule has 1 aromatic carbocycles. The van der Waals surface area contributed by atoms with Gasteiger partial charge in [0, 0.05) is 29.1 Å². The van der Waals surface area contributed by atoms with Crippen LogP contribution < -0.4 is 10.6 Å². The van der Waals surface area contributed by atoms with Gasteiger partial charge in [0.1, 0.15) is 10.8 Å². The maximum Gasteiger partial charge on any atom is 0.191 e. The lowest BCUT2D eigenvalue weighted by Gasteiger charge is -2.11. The second kappa shape index (κ2) is 11.0. The summed E-state index contributed by atoms with van der Waals surface area (Å²) >= 11 is 4.93. The second-order valence-electron chi connectivity index (χ2n) is 5.06. The molecule has 0 aliphatic heterocycles. The molecule has 0 unspecified atom stereocenters. The minimum absolute atomic E-state index is 0. The molecule has 8 heteroatoms. The molecule has 0 amide bonds. The van der Waals surface area contributed by atoms with E-state index in [1.165, 1.54) is 10.9 Å². The summed E-state index contributed by atoms with van der Waals surface area (Å²) in [7, 11) is 1.73. The van der Waals surface area contributed by atoms with Gasteiger partial charge >= 0.3 is 0 Å². The lowest BCUT2D eigenvalue weighted by Crippen LogP contribution is -2.37. The van der Waals surface area contributed by atoms with Crippen molar-refractivity contribution in [2.75, 3.05) is 13.6 Å². The van der Waals surface area contributed by atoms with E-state index in [0.29, 0.717) is 13.0 Å². The van der Waals surface area contributed by atoms with Crippen LogP contribution in [0.3, 0.4) is 0 Å². The van der Waals surface area contributed by atoms with Crippen molar-refractivity contribution in [1.29, 1.82) is 0 Å². The molecular weight excluding hydrogens is 506 g/mol. The Labute approximate surface area is 171 Å². The number of guanidine groups is 1. The quantitative estimate of drug-likeness (QED) is 0.256. The first kappa shape index (κ1) is 21.3. The van der Waals surface area contributed by atoms with Crippen LogP contribution in [0.15, 0.2) is 33.9 Å². The zero-order valence-electron chi connectivity index (χ0n) is 13.6. The first-order valence-electron chi connectivity index (χ1n) is 7.38. The van der Waals surface area contributed by atoms with Crippen LogP contribution >= 0.6 is 51.2 Å². The Balaban J connectivity index is 0.00000288. The van der Waals surface area contributed by atoms with Crippen molar-refractivity contribution >= 4 is 57.2 Å². The number of thiazole rings is 1. The van der Waals surface area contributed by atoms with Gasteiger partial charge in [-0.1, -0.05) is 22.0 Å². The molecule has 4 nitrogen and oxygen atoms in total. The van der Waals surface area contributed by atoms with Gasteiger partial charge in [-0.25, -0.2) is 9.37 Å². The van der Waals surface area contributed by atoms with Crippen molar-refractivity contribution in [1.82, 2.24) is 15.6 Å². The standard InChI is InChI=1S/C16H20BrFN4S.HI/c1-11-9-21-15(23-11)10-22-16(19-2)20-7-3-4-12-5-6-13(17)8-14(12)18;/h5-6,8-9H,3-4,7,10H2,1-2H3,(H2,19,20,22);1H. The Hall–Kier alpha value is -0.740.